The van der Waals surface area contributed by atoms with Gasteiger partial charge in [0.1, 0.15) is 0 Å². The molecule has 0 aromatic rings. The molecular weight excluding hydrogens is 258 g/mol. The van der Waals surface area contributed by atoms with Gasteiger partial charge in [0.25, 0.3) is 0 Å². The molecule has 15 heavy (non-hydrogen) atoms. The summed E-state index contributed by atoms with van der Waals surface area (Å²) in [5, 5.41) is 3.08. The molecule has 1 saturated heterocycles. The van der Waals surface area contributed by atoms with Gasteiger partial charge in [-0.15, -0.1) is 0 Å². The van der Waals surface area contributed by atoms with Crippen LogP contribution in [0.15, 0.2) is 0 Å². The standard InChI is InChI=1S/C11H20BrNO2/c1-8(12)11(2,3)13-10(14)9-4-6-15-7-5-9/h8-9H,4-7H2,1-3H3,(H,13,14). The minimum Gasteiger partial charge on any atom is -0.381 e. The van der Waals surface area contributed by atoms with Crippen molar-refractivity contribution in [3.63, 3.8) is 0 Å². The third-order valence-electron chi connectivity index (χ3n) is 3.03. The van der Waals surface area contributed by atoms with Crippen molar-refractivity contribution in [2.24, 2.45) is 5.92 Å². The first kappa shape index (κ1) is 13.0. The molecule has 1 N–H and O–H groups in total. The quantitative estimate of drug-likeness (QED) is 0.803. The van der Waals surface area contributed by atoms with E-state index in [1.54, 1.807) is 0 Å². The van der Waals surface area contributed by atoms with Gasteiger partial charge in [-0.2, -0.15) is 0 Å². The lowest BCUT2D eigenvalue weighted by molar-refractivity contribution is -0.129. The second-order valence-corrected chi connectivity index (χ2v) is 6.09. The zero-order valence-electron chi connectivity index (χ0n) is 9.68. The first-order chi connectivity index (χ1) is 6.93. The summed E-state index contributed by atoms with van der Waals surface area (Å²) in [4.78, 5) is 12.2. The van der Waals surface area contributed by atoms with Crippen LogP contribution in [0.5, 0.6) is 0 Å². The number of alkyl halides is 1. The Morgan fingerprint density at radius 1 is 1.47 bits per heavy atom. The van der Waals surface area contributed by atoms with Gasteiger partial charge in [-0.05, 0) is 26.7 Å². The van der Waals surface area contributed by atoms with Crippen molar-refractivity contribution in [1.82, 2.24) is 5.32 Å². The molecule has 1 heterocycles. The van der Waals surface area contributed by atoms with Crippen LogP contribution < -0.4 is 5.32 Å². The van der Waals surface area contributed by atoms with E-state index in [1.165, 1.54) is 0 Å². The number of hydrogen-bond donors (Lipinski definition) is 1. The maximum atomic E-state index is 11.9. The second kappa shape index (κ2) is 5.30. The maximum absolute atomic E-state index is 11.9. The van der Waals surface area contributed by atoms with Crippen LogP contribution in [-0.4, -0.2) is 29.5 Å². The fraction of sp³-hybridized carbons (Fsp3) is 0.909. The first-order valence-electron chi connectivity index (χ1n) is 5.47. The number of ether oxygens (including phenoxy) is 1. The van der Waals surface area contributed by atoms with Gasteiger partial charge in [-0.1, -0.05) is 22.9 Å². The van der Waals surface area contributed by atoms with E-state index >= 15 is 0 Å². The number of halogens is 1. The van der Waals surface area contributed by atoms with E-state index < -0.39 is 0 Å². The summed E-state index contributed by atoms with van der Waals surface area (Å²) < 4.78 is 5.24. The number of hydrogen-bond acceptors (Lipinski definition) is 2. The summed E-state index contributed by atoms with van der Waals surface area (Å²) >= 11 is 3.51. The van der Waals surface area contributed by atoms with Gasteiger partial charge in [0.15, 0.2) is 0 Å². The van der Waals surface area contributed by atoms with Crippen molar-refractivity contribution >= 4 is 21.8 Å². The molecule has 1 fully saturated rings. The molecule has 0 aliphatic carbocycles. The molecule has 1 rings (SSSR count). The fourth-order valence-electron chi connectivity index (χ4n) is 1.48. The lowest BCUT2D eigenvalue weighted by Gasteiger charge is -2.32. The topological polar surface area (TPSA) is 38.3 Å². The molecule has 0 aromatic carbocycles. The summed E-state index contributed by atoms with van der Waals surface area (Å²) in [7, 11) is 0. The van der Waals surface area contributed by atoms with Crippen molar-refractivity contribution in [3.8, 4) is 0 Å². The lowest BCUT2D eigenvalue weighted by atomic mass is 9.95. The Balaban J connectivity index is 2.47. The Bertz CT molecular complexity index is 223. The van der Waals surface area contributed by atoms with E-state index in [2.05, 4.69) is 21.2 Å². The van der Waals surface area contributed by atoms with Crippen LogP contribution in [0.25, 0.3) is 0 Å². The number of carbonyl (C=O) groups excluding carboxylic acids is 1. The molecular formula is C11H20BrNO2. The van der Waals surface area contributed by atoms with Crippen LogP contribution in [0, 0.1) is 5.92 Å². The molecule has 3 nitrogen and oxygen atoms in total. The van der Waals surface area contributed by atoms with E-state index in [4.69, 9.17) is 4.74 Å². The minimum absolute atomic E-state index is 0.129. The van der Waals surface area contributed by atoms with Gasteiger partial charge in [0.05, 0.1) is 0 Å². The molecule has 1 atom stereocenters. The molecule has 0 saturated carbocycles. The molecule has 0 spiro atoms. The lowest BCUT2D eigenvalue weighted by Crippen LogP contribution is -2.51. The zero-order chi connectivity index (χ0) is 11.5. The molecule has 1 aliphatic rings. The largest absolute Gasteiger partial charge is 0.381 e. The molecule has 1 amide bonds. The molecule has 0 aromatic heterocycles. The summed E-state index contributed by atoms with van der Waals surface area (Å²) in [6.07, 6.45) is 1.69. The highest BCUT2D eigenvalue weighted by molar-refractivity contribution is 9.09. The van der Waals surface area contributed by atoms with Crippen LogP contribution >= 0.6 is 15.9 Å². The molecule has 0 bridgehead atoms. The van der Waals surface area contributed by atoms with Gasteiger partial charge in [0.2, 0.25) is 5.91 Å². The Morgan fingerprint density at radius 2 is 2.00 bits per heavy atom. The Kier molecular flexibility index (Phi) is 4.59. The van der Waals surface area contributed by atoms with Crippen LogP contribution in [0.2, 0.25) is 0 Å². The SMILES string of the molecule is CC(Br)C(C)(C)NC(=O)C1CCOCC1. The monoisotopic (exact) mass is 277 g/mol. The molecule has 1 unspecified atom stereocenters. The molecule has 4 heteroatoms. The third kappa shape index (κ3) is 3.76. The van der Waals surface area contributed by atoms with Crippen molar-refractivity contribution in [2.75, 3.05) is 13.2 Å². The van der Waals surface area contributed by atoms with Crippen molar-refractivity contribution < 1.29 is 9.53 Å². The molecule has 1 aliphatic heterocycles. The normalized spacial score (nSPS) is 21.1. The van der Waals surface area contributed by atoms with Crippen LogP contribution in [-0.2, 0) is 9.53 Å². The van der Waals surface area contributed by atoms with E-state index in [1.807, 2.05) is 20.8 Å². The summed E-state index contributed by atoms with van der Waals surface area (Å²) in [5.74, 6) is 0.291. The summed E-state index contributed by atoms with van der Waals surface area (Å²) in [6.45, 7) is 7.53. The average molecular weight is 278 g/mol. The highest BCUT2D eigenvalue weighted by atomic mass is 79.9. The van der Waals surface area contributed by atoms with Crippen molar-refractivity contribution in [3.05, 3.63) is 0 Å². The predicted molar refractivity (Wildman–Crippen MR) is 64.2 cm³/mol. The number of nitrogens with one attached hydrogen (secondary N) is 1. The predicted octanol–water partition coefficient (Wildman–Crippen LogP) is 2.09. The summed E-state index contributed by atoms with van der Waals surface area (Å²) in [6, 6.07) is 0. The van der Waals surface area contributed by atoms with Crippen LogP contribution in [0.1, 0.15) is 33.6 Å². The maximum Gasteiger partial charge on any atom is 0.223 e. The third-order valence-corrected chi connectivity index (χ3v) is 4.18. The first-order valence-corrected chi connectivity index (χ1v) is 6.39. The average Bonchev–Trinajstić information content (AvgIpc) is 2.18. The smallest absolute Gasteiger partial charge is 0.223 e. The Morgan fingerprint density at radius 3 is 2.47 bits per heavy atom. The molecule has 0 radical (unpaired) electrons. The van der Waals surface area contributed by atoms with Crippen LogP contribution in [0.3, 0.4) is 0 Å². The highest BCUT2D eigenvalue weighted by Crippen LogP contribution is 2.20. The van der Waals surface area contributed by atoms with Gasteiger partial charge in [-0.3, -0.25) is 4.79 Å². The number of rotatable bonds is 3. The van der Waals surface area contributed by atoms with Gasteiger partial charge < -0.3 is 10.1 Å². The highest BCUT2D eigenvalue weighted by Gasteiger charge is 2.29. The van der Waals surface area contributed by atoms with Crippen molar-refractivity contribution in [1.29, 1.82) is 0 Å². The Hall–Kier alpha value is -0.0900. The number of carbonyl (C=O) groups is 1. The fourth-order valence-corrected chi connectivity index (χ4v) is 1.59. The minimum atomic E-state index is -0.199. The van der Waals surface area contributed by atoms with E-state index in [0.717, 1.165) is 12.8 Å². The second-order valence-electron chi connectivity index (χ2n) is 4.71. The van der Waals surface area contributed by atoms with Crippen molar-refractivity contribution in [2.45, 2.75) is 44.0 Å². The van der Waals surface area contributed by atoms with E-state index in [-0.39, 0.29) is 22.2 Å². The van der Waals surface area contributed by atoms with Gasteiger partial charge in [0, 0.05) is 29.5 Å². The van der Waals surface area contributed by atoms with E-state index in [9.17, 15) is 4.79 Å². The molecule has 88 valence electrons. The van der Waals surface area contributed by atoms with Gasteiger partial charge in [-0.25, -0.2) is 0 Å². The van der Waals surface area contributed by atoms with Crippen LogP contribution in [0.4, 0.5) is 0 Å². The van der Waals surface area contributed by atoms with E-state index in [0.29, 0.717) is 13.2 Å². The number of amides is 1. The Labute approximate surface area is 100 Å². The summed E-state index contributed by atoms with van der Waals surface area (Å²) in [5.41, 5.74) is -0.199. The zero-order valence-corrected chi connectivity index (χ0v) is 11.3. The van der Waals surface area contributed by atoms with Gasteiger partial charge >= 0.3 is 0 Å².